The third-order valence-corrected chi connectivity index (χ3v) is 14.3. The van der Waals surface area contributed by atoms with Crippen LogP contribution in [-0.4, -0.2) is 47.4 Å². The smallest absolute Gasteiger partial charge is 0.305 e. The van der Waals surface area contributed by atoms with Crippen LogP contribution in [0.4, 0.5) is 0 Å². The number of carbonyl (C=O) groups is 2. The van der Waals surface area contributed by atoms with Gasteiger partial charge < -0.3 is 20.3 Å². The van der Waals surface area contributed by atoms with Crippen molar-refractivity contribution >= 4 is 11.9 Å². The van der Waals surface area contributed by atoms with Crippen LogP contribution in [0.2, 0.25) is 0 Å². The first kappa shape index (κ1) is 65.6. The lowest BCUT2D eigenvalue weighted by atomic mass is 10.0. The lowest BCUT2D eigenvalue weighted by molar-refractivity contribution is -0.143. The lowest BCUT2D eigenvalue weighted by Crippen LogP contribution is -2.45. The Labute approximate surface area is 419 Å². The van der Waals surface area contributed by atoms with Gasteiger partial charge in [-0.05, 0) is 32.1 Å². The average Bonchev–Trinajstić information content (AvgIpc) is 3.33. The average molecular weight is 947 g/mol. The van der Waals surface area contributed by atoms with E-state index in [9.17, 15) is 19.8 Å². The van der Waals surface area contributed by atoms with Gasteiger partial charge >= 0.3 is 5.97 Å². The highest BCUT2D eigenvalue weighted by atomic mass is 16.5. The van der Waals surface area contributed by atoms with E-state index < -0.39 is 12.1 Å². The van der Waals surface area contributed by atoms with E-state index in [4.69, 9.17) is 4.74 Å². The molecule has 67 heavy (non-hydrogen) atoms. The number of ether oxygens (including phenoxy) is 1. The summed E-state index contributed by atoms with van der Waals surface area (Å²) < 4.78 is 5.49. The van der Waals surface area contributed by atoms with Crippen molar-refractivity contribution in [3.8, 4) is 0 Å². The van der Waals surface area contributed by atoms with Gasteiger partial charge in [-0.1, -0.05) is 309 Å². The molecular formula is C61H119NO5. The second kappa shape index (κ2) is 57.2. The number of hydrogen-bond acceptors (Lipinski definition) is 5. The molecule has 0 fully saturated rings. The molecule has 3 N–H and O–H groups in total. The summed E-state index contributed by atoms with van der Waals surface area (Å²) in [6, 6.07) is -0.627. The van der Waals surface area contributed by atoms with Crippen LogP contribution >= 0.6 is 0 Å². The molecule has 2 atom stereocenters. The van der Waals surface area contributed by atoms with Crippen LogP contribution in [0.3, 0.4) is 0 Å². The summed E-state index contributed by atoms with van der Waals surface area (Å²) in [4.78, 5) is 24.5. The molecule has 0 aromatic rings. The first-order valence-electron chi connectivity index (χ1n) is 30.5. The van der Waals surface area contributed by atoms with Gasteiger partial charge in [0.05, 0.1) is 25.4 Å². The monoisotopic (exact) mass is 946 g/mol. The standard InChI is InChI=1S/C61H119NO5/c1-3-5-7-9-11-13-15-17-18-27-31-35-39-43-47-51-55-61(66)67-56-52-48-44-40-36-32-28-25-23-21-19-20-22-24-26-30-34-38-42-46-50-54-60(65)62-58(57-63)59(64)53-49-45-41-37-33-29-16-14-12-10-8-6-4-2/h49,53,58-59,63-64H,3-48,50-52,54-57H2,1-2H3,(H,62,65)/b53-49+. The van der Waals surface area contributed by atoms with Crippen LogP contribution < -0.4 is 5.32 Å². The summed E-state index contributed by atoms with van der Waals surface area (Å²) in [5.41, 5.74) is 0. The number of nitrogens with one attached hydrogen (secondary N) is 1. The molecule has 6 heteroatoms. The van der Waals surface area contributed by atoms with Crippen LogP contribution in [0.15, 0.2) is 12.2 Å². The molecule has 0 rings (SSSR count). The lowest BCUT2D eigenvalue weighted by Gasteiger charge is -2.20. The van der Waals surface area contributed by atoms with E-state index in [1.165, 1.54) is 276 Å². The number of amides is 1. The molecule has 2 unspecified atom stereocenters. The van der Waals surface area contributed by atoms with Gasteiger partial charge in [-0.15, -0.1) is 0 Å². The Morgan fingerprint density at radius 2 is 0.687 bits per heavy atom. The fourth-order valence-corrected chi connectivity index (χ4v) is 9.64. The van der Waals surface area contributed by atoms with Gasteiger partial charge in [-0.3, -0.25) is 9.59 Å². The highest BCUT2D eigenvalue weighted by Crippen LogP contribution is 2.18. The van der Waals surface area contributed by atoms with Gasteiger partial charge in [0.15, 0.2) is 0 Å². The maximum absolute atomic E-state index is 12.4. The Morgan fingerprint density at radius 3 is 1.01 bits per heavy atom. The Morgan fingerprint density at radius 1 is 0.403 bits per heavy atom. The van der Waals surface area contributed by atoms with Crippen LogP contribution in [0, 0.1) is 0 Å². The molecule has 0 heterocycles. The Hall–Kier alpha value is -1.40. The highest BCUT2D eigenvalue weighted by Gasteiger charge is 2.18. The molecule has 6 nitrogen and oxygen atoms in total. The zero-order valence-corrected chi connectivity index (χ0v) is 45.4. The Balaban J connectivity index is 3.37. The molecular weight excluding hydrogens is 827 g/mol. The van der Waals surface area contributed by atoms with Gasteiger partial charge in [0.2, 0.25) is 5.91 Å². The largest absolute Gasteiger partial charge is 0.466 e. The Kier molecular flexibility index (Phi) is 56.0. The predicted octanol–water partition coefficient (Wildman–Crippen LogP) is 18.9. The number of unbranched alkanes of at least 4 members (excludes halogenated alkanes) is 46. The normalized spacial score (nSPS) is 12.6. The fourth-order valence-electron chi connectivity index (χ4n) is 9.64. The van der Waals surface area contributed by atoms with E-state index in [1.807, 2.05) is 6.08 Å². The molecule has 0 spiro atoms. The van der Waals surface area contributed by atoms with Gasteiger partial charge in [-0.2, -0.15) is 0 Å². The molecule has 0 saturated heterocycles. The topological polar surface area (TPSA) is 95.9 Å². The molecule has 1 amide bonds. The second-order valence-corrected chi connectivity index (χ2v) is 21.0. The van der Waals surface area contributed by atoms with E-state index in [1.54, 1.807) is 6.08 Å². The zero-order chi connectivity index (χ0) is 48.6. The van der Waals surface area contributed by atoms with E-state index in [2.05, 4.69) is 19.2 Å². The predicted molar refractivity (Wildman–Crippen MR) is 292 cm³/mol. The van der Waals surface area contributed by atoms with Crippen molar-refractivity contribution in [1.82, 2.24) is 5.32 Å². The number of aliphatic hydroxyl groups is 2. The molecule has 0 radical (unpaired) electrons. The van der Waals surface area contributed by atoms with Crippen LogP contribution in [0.25, 0.3) is 0 Å². The van der Waals surface area contributed by atoms with Gasteiger partial charge in [0, 0.05) is 12.8 Å². The van der Waals surface area contributed by atoms with Crippen molar-refractivity contribution in [2.24, 2.45) is 0 Å². The van der Waals surface area contributed by atoms with Crippen LogP contribution in [0.1, 0.15) is 341 Å². The van der Waals surface area contributed by atoms with E-state index >= 15 is 0 Å². The third kappa shape index (κ3) is 53.8. The molecule has 0 aliphatic heterocycles. The van der Waals surface area contributed by atoms with Crippen LogP contribution in [0.5, 0.6) is 0 Å². The van der Waals surface area contributed by atoms with Gasteiger partial charge in [0.1, 0.15) is 0 Å². The van der Waals surface area contributed by atoms with Gasteiger partial charge in [0.25, 0.3) is 0 Å². The molecule has 0 aliphatic rings. The maximum atomic E-state index is 12.4. The quantitative estimate of drug-likeness (QED) is 0.0321. The molecule has 0 bridgehead atoms. The number of rotatable bonds is 57. The molecule has 0 aliphatic carbocycles. The Bertz CT molecular complexity index is 1000. The summed E-state index contributed by atoms with van der Waals surface area (Å²) >= 11 is 0. The van der Waals surface area contributed by atoms with Crippen molar-refractivity contribution in [2.45, 2.75) is 353 Å². The zero-order valence-electron chi connectivity index (χ0n) is 45.4. The molecule has 0 saturated carbocycles. The first-order valence-corrected chi connectivity index (χ1v) is 30.5. The number of hydrogen-bond donors (Lipinski definition) is 3. The van der Waals surface area contributed by atoms with Crippen molar-refractivity contribution < 1.29 is 24.5 Å². The summed E-state index contributed by atoms with van der Waals surface area (Å²) in [6.45, 7) is 4.92. The third-order valence-electron chi connectivity index (χ3n) is 14.3. The summed E-state index contributed by atoms with van der Waals surface area (Å²) in [5, 5.41) is 23.1. The number of carbonyl (C=O) groups excluding carboxylic acids is 2. The van der Waals surface area contributed by atoms with Crippen LogP contribution in [-0.2, 0) is 14.3 Å². The van der Waals surface area contributed by atoms with Crippen molar-refractivity contribution in [1.29, 1.82) is 0 Å². The first-order chi connectivity index (χ1) is 33.0. The SMILES string of the molecule is CCCCCCCCCCCCC/C=C/C(O)C(CO)NC(=O)CCCCCCCCCCCCCCCCCCCCCCCOC(=O)CCCCCCCCCCCCCCCCCC. The van der Waals surface area contributed by atoms with E-state index in [0.29, 0.717) is 19.4 Å². The van der Waals surface area contributed by atoms with Gasteiger partial charge in [-0.25, -0.2) is 0 Å². The number of allylic oxidation sites excluding steroid dienone is 1. The minimum absolute atomic E-state index is 0.0153. The minimum atomic E-state index is -0.843. The second-order valence-electron chi connectivity index (χ2n) is 21.0. The summed E-state index contributed by atoms with van der Waals surface area (Å²) in [7, 11) is 0. The highest BCUT2D eigenvalue weighted by molar-refractivity contribution is 5.76. The summed E-state index contributed by atoms with van der Waals surface area (Å²) in [6.07, 6.45) is 68.2. The molecule has 398 valence electrons. The summed E-state index contributed by atoms with van der Waals surface area (Å²) in [5.74, 6) is -0.0522. The molecule has 0 aromatic carbocycles. The maximum Gasteiger partial charge on any atom is 0.305 e. The number of esters is 1. The van der Waals surface area contributed by atoms with Crippen molar-refractivity contribution in [2.75, 3.05) is 13.2 Å². The minimum Gasteiger partial charge on any atom is -0.466 e. The molecule has 0 aromatic heterocycles. The van der Waals surface area contributed by atoms with E-state index in [0.717, 1.165) is 38.5 Å². The fraction of sp³-hybridized carbons (Fsp3) is 0.934. The van der Waals surface area contributed by atoms with E-state index in [-0.39, 0.29) is 18.5 Å². The van der Waals surface area contributed by atoms with Crippen molar-refractivity contribution in [3.05, 3.63) is 12.2 Å². The van der Waals surface area contributed by atoms with Crippen molar-refractivity contribution in [3.63, 3.8) is 0 Å². The number of aliphatic hydroxyl groups excluding tert-OH is 2.